The SMILES string of the molecule is Cc1ccc(CN(C(=O)CN(c2cc(C)ccc2C)S(C)(=O)=O)C(Cc2ccccc2)C(=O)NC2CCCC2)cc1. The van der Waals surface area contributed by atoms with Gasteiger partial charge in [-0.3, -0.25) is 13.9 Å². The molecule has 7 nitrogen and oxygen atoms in total. The maximum absolute atomic E-state index is 14.3. The third-order valence-corrected chi connectivity index (χ3v) is 8.89. The van der Waals surface area contributed by atoms with Gasteiger partial charge in [0.15, 0.2) is 0 Å². The number of nitrogens with zero attached hydrogens (tertiary/aromatic N) is 2. The van der Waals surface area contributed by atoms with Crippen LogP contribution in [-0.4, -0.2) is 50.0 Å². The lowest BCUT2D eigenvalue weighted by molar-refractivity contribution is -0.140. The van der Waals surface area contributed by atoms with E-state index < -0.39 is 28.5 Å². The minimum Gasteiger partial charge on any atom is -0.352 e. The molecular formula is C33H41N3O4S. The average molecular weight is 576 g/mol. The minimum absolute atomic E-state index is 0.0829. The summed E-state index contributed by atoms with van der Waals surface area (Å²) < 4.78 is 27.3. The summed E-state index contributed by atoms with van der Waals surface area (Å²) in [5.74, 6) is -0.640. The van der Waals surface area contributed by atoms with Crippen molar-refractivity contribution in [2.24, 2.45) is 0 Å². The zero-order chi connectivity index (χ0) is 29.6. The maximum Gasteiger partial charge on any atom is 0.244 e. The lowest BCUT2D eigenvalue weighted by atomic mass is 10.0. The molecule has 1 aliphatic carbocycles. The van der Waals surface area contributed by atoms with Crippen LogP contribution in [0.25, 0.3) is 0 Å². The van der Waals surface area contributed by atoms with Gasteiger partial charge in [-0.1, -0.05) is 85.1 Å². The van der Waals surface area contributed by atoms with Crippen molar-refractivity contribution < 1.29 is 18.0 Å². The van der Waals surface area contributed by atoms with Crippen LogP contribution in [0.15, 0.2) is 72.8 Å². The van der Waals surface area contributed by atoms with E-state index in [9.17, 15) is 18.0 Å². The van der Waals surface area contributed by atoms with Crippen molar-refractivity contribution in [3.8, 4) is 0 Å². The zero-order valence-corrected chi connectivity index (χ0v) is 25.3. The van der Waals surface area contributed by atoms with Crippen LogP contribution >= 0.6 is 0 Å². The quantitative estimate of drug-likeness (QED) is 0.346. The fourth-order valence-corrected chi connectivity index (χ4v) is 6.29. The Labute approximate surface area is 244 Å². The van der Waals surface area contributed by atoms with Crippen molar-refractivity contribution in [1.82, 2.24) is 10.2 Å². The van der Waals surface area contributed by atoms with Gasteiger partial charge in [0.1, 0.15) is 12.6 Å². The van der Waals surface area contributed by atoms with E-state index in [0.717, 1.165) is 64.1 Å². The van der Waals surface area contributed by atoms with Gasteiger partial charge >= 0.3 is 0 Å². The third-order valence-electron chi connectivity index (χ3n) is 7.76. The molecule has 1 fully saturated rings. The first kappa shape index (κ1) is 30.3. The van der Waals surface area contributed by atoms with E-state index in [1.165, 1.54) is 0 Å². The molecule has 3 aromatic rings. The first-order valence-corrected chi connectivity index (χ1v) is 16.1. The summed E-state index contributed by atoms with van der Waals surface area (Å²) in [6.07, 6.45) is 5.41. The first-order valence-electron chi connectivity index (χ1n) is 14.3. The predicted molar refractivity (Wildman–Crippen MR) is 164 cm³/mol. The number of benzene rings is 3. The zero-order valence-electron chi connectivity index (χ0n) is 24.5. The molecule has 4 rings (SSSR count). The van der Waals surface area contributed by atoms with E-state index in [1.807, 2.05) is 87.5 Å². The molecule has 0 spiro atoms. The molecule has 3 aromatic carbocycles. The first-order chi connectivity index (χ1) is 19.5. The highest BCUT2D eigenvalue weighted by Gasteiger charge is 2.34. The van der Waals surface area contributed by atoms with Gasteiger partial charge < -0.3 is 10.2 Å². The molecule has 0 aliphatic heterocycles. The average Bonchev–Trinajstić information content (AvgIpc) is 3.44. The number of carbonyl (C=O) groups excluding carboxylic acids is 2. The standard InChI is InChI=1S/C33H41N3O4S/c1-24-15-18-28(19-16-24)22-35(32(37)23-36(41(4,39)40)30-20-25(2)14-17-26(30)3)31(21-27-10-6-5-7-11-27)33(38)34-29-12-8-9-13-29/h5-7,10-11,14-20,29,31H,8-9,12-13,21-23H2,1-4H3,(H,34,38). The van der Waals surface area contributed by atoms with Crippen LogP contribution in [0.5, 0.6) is 0 Å². The van der Waals surface area contributed by atoms with Gasteiger partial charge in [0.05, 0.1) is 11.9 Å². The smallest absolute Gasteiger partial charge is 0.244 e. The van der Waals surface area contributed by atoms with Gasteiger partial charge in [0.2, 0.25) is 21.8 Å². The van der Waals surface area contributed by atoms with Crippen LogP contribution in [0.4, 0.5) is 5.69 Å². The van der Waals surface area contributed by atoms with Crippen LogP contribution in [0.3, 0.4) is 0 Å². The van der Waals surface area contributed by atoms with E-state index >= 15 is 0 Å². The second-order valence-corrected chi connectivity index (χ2v) is 13.2. The molecule has 218 valence electrons. The summed E-state index contributed by atoms with van der Waals surface area (Å²) in [6, 6.07) is 22.3. The Balaban J connectivity index is 1.74. The molecule has 0 heterocycles. The highest BCUT2D eigenvalue weighted by molar-refractivity contribution is 7.92. The minimum atomic E-state index is -3.80. The van der Waals surface area contributed by atoms with Crippen molar-refractivity contribution in [1.29, 1.82) is 0 Å². The van der Waals surface area contributed by atoms with Gasteiger partial charge in [-0.25, -0.2) is 8.42 Å². The van der Waals surface area contributed by atoms with E-state index in [2.05, 4.69) is 5.32 Å². The number of hydrogen-bond acceptors (Lipinski definition) is 4. The molecule has 0 bridgehead atoms. The predicted octanol–water partition coefficient (Wildman–Crippen LogP) is 5.08. The third kappa shape index (κ3) is 8.19. The number of hydrogen-bond donors (Lipinski definition) is 1. The van der Waals surface area contributed by atoms with Gasteiger partial charge in [-0.2, -0.15) is 0 Å². The summed E-state index contributed by atoms with van der Waals surface area (Å²) in [6.45, 7) is 5.48. The lowest BCUT2D eigenvalue weighted by Crippen LogP contribution is -2.54. The molecule has 1 saturated carbocycles. The van der Waals surface area contributed by atoms with E-state index in [0.29, 0.717) is 12.1 Å². The number of amides is 2. The summed E-state index contributed by atoms with van der Waals surface area (Å²) >= 11 is 0. The second-order valence-electron chi connectivity index (χ2n) is 11.3. The Morgan fingerprint density at radius 3 is 2.15 bits per heavy atom. The highest BCUT2D eigenvalue weighted by Crippen LogP contribution is 2.25. The normalized spacial score (nSPS) is 14.4. The van der Waals surface area contributed by atoms with Crippen molar-refractivity contribution in [2.75, 3.05) is 17.1 Å². The number of rotatable bonds is 11. The maximum atomic E-state index is 14.3. The lowest BCUT2D eigenvalue weighted by Gasteiger charge is -2.34. The Morgan fingerprint density at radius 1 is 0.878 bits per heavy atom. The molecule has 2 amide bonds. The van der Waals surface area contributed by atoms with Crippen LogP contribution in [-0.2, 0) is 32.6 Å². The topological polar surface area (TPSA) is 86.8 Å². The molecule has 1 atom stereocenters. The van der Waals surface area contributed by atoms with Gasteiger partial charge in [0, 0.05) is 19.0 Å². The molecule has 1 aliphatic rings. The number of aryl methyl sites for hydroxylation is 3. The van der Waals surface area contributed by atoms with Crippen LogP contribution in [0.2, 0.25) is 0 Å². The molecule has 8 heteroatoms. The largest absolute Gasteiger partial charge is 0.352 e. The van der Waals surface area contributed by atoms with Gasteiger partial charge in [-0.15, -0.1) is 0 Å². The van der Waals surface area contributed by atoms with Crippen molar-refractivity contribution in [3.05, 3.63) is 101 Å². The fraction of sp³-hybridized carbons (Fsp3) is 0.394. The van der Waals surface area contributed by atoms with Crippen LogP contribution in [0, 0.1) is 20.8 Å². The number of carbonyl (C=O) groups is 2. The summed E-state index contributed by atoms with van der Waals surface area (Å²) in [5.41, 5.74) is 4.99. The van der Waals surface area contributed by atoms with E-state index in [4.69, 9.17) is 0 Å². The number of sulfonamides is 1. The molecule has 1 unspecified atom stereocenters. The second kappa shape index (κ2) is 13.3. The Bertz CT molecular complexity index is 1450. The van der Waals surface area contributed by atoms with E-state index in [-0.39, 0.29) is 18.5 Å². The summed E-state index contributed by atoms with van der Waals surface area (Å²) in [7, 11) is -3.80. The van der Waals surface area contributed by atoms with Crippen molar-refractivity contribution >= 4 is 27.5 Å². The number of nitrogens with one attached hydrogen (secondary N) is 1. The highest BCUT2D eigenvalue weighted by atomic mass is 32.2. The Morgan fingerprint density at radius 2 is 1.51 bits per heavy atom. The molecule has 0 radical (unpaired) electrons. The fourth-order valence-electron chi connectivity index (χ4n) is 5.39. The van der Waals surface area contributed by atoms with Crippen LogP contribution < -0.4 is 9.62 Å². The molecular weight excluding hydrogens is 534 g/mol. The van der Waals surface area contributed by atoms with Gasteiger partial charge in [-0.05, 0) is 61.9 Å². The van der Waals surface area contributed by atoms with Gasteiger partial charge in [0.25, 0.3) is 0 Å². The van der Waals surface area contributed by atoms with Crippen molar-refractivity contribution in [2.45, 2.75) is 71.5 Å². The summed E-state index contributed by atoms with van der Waals surface area (Å²) in [4.78, 5) is 29.7. The Kier molecular flexibility index (Phi) is 9.86. The van der Waals surface area contributed by atoms with Crippen molar-refractivity contribution in [3.63, 3.8) is 0 Å². The molecule has 0 aromatic heterocycles. The molecule has 0 saturated heterocycles. The number of anilines is 1. The monoisotopic (exact) mass is 575 g/mol. The molecule has 41 heavy (non-hydrogen) atoms. The molecule has 1 N–H and O–H groups in total. The Hall–Kier alpha value is -3.65. The van der Waals surface area contributed by atoms with Crippen LogP contribution in [0.1, 0.15) is 53.5 Å². The van der Waals surface area contributed by atoms with E-state index in [1.54, 1.807) is 11.0 Å². The summed E-state index contributed by atoms with van der Waals surface area (Å²) in [5, 5.41) is 3.20.